The summed E-state index contributed by atoms with van der Waals surface area (Å²) in [6, 6.07) is 27.5. The number of anilines is 1. The van der Waals surface area contributed by atoms with Crippen LogP contribution in [0.15, 0.2) is 107 Å². The summed E-state index contributed by atoms with van der Waals surface area (Å²) >= 11 is 1.62. The van der Waals surface area contributed by atoms with E-state index in [0.29, 0.717) is 17.8 Å². The molecule has 34 heavy (non-hydrogen) atoms. The minimum absolute atomic E-state index is 0.124. The Hall–Kier alpha value is -3.83. The van der Waals surface area contributed by atoms with Gasteiger partial charge < -0.3 is 11.1 Å². The van der Waals surface area contributed by atoms with Gasteiger partial charge in [0.25, 0.3) is 5.91 Å². The van der Waals surface area contributed by atoms with Gasteiger partial charge in [0.15, 0.2) is 0 Å². The Bertz CT molecular complexity index is 1330. The number of carbonyl (C=O) groups excluding carboxylic acids is 1. The molecule has 3 nitrogen and oxygen atoms in total. The van der Waals surface area contributed by atoms with Gasteiger partial charge in [-0.1, -0.05) is 60.8 Å². The first-order chi connectivity index (χ1) is 16.4. The van der Waals surface area contributed by atoms with Crippen LogP contribution in [0.1, 0.15) is 32.6 Å². The van der Waals surface area contributed by atoms with E-state index in [1.165, 1.54) is 12.1 Å². The molecule has 0 aliphatic rings. The monoisotopic (exact) mass is 468 g/mol. The normalized spacial score (nSPS) is 10.6. The summed E-state index contributed by atoms with van der Waals surface area (Å²) in [6.07, 6.45) is 0. The van der Waals surface area contributed by atoms with E-state index in [-0.39, 0.29) is 11.7 Å². The molecule has 4 aromatic rings. The molecule has 0 bridgehead atoms. The second kappa shape index (κ2) is 10.4. The van der Waals surface area contributed by atoms with Gasteiger partial charge in [-0.2, -0.15) is 0 Å². The smallest absolute Gasteiger partial charge is 0.251 e. The summed E-state index contributed by atoms with van der Waals surface area (Å²) in [4.78, 5) is 14.7. The predicted molar refractivity (Wildman–Crippen MR) is 138 cm³/mol. The summed E-state index contributed by atoms with van der Waals surface area (Å²) in [7, 11) is 0. The van der Waals surface area contributed by atoms with E-state index in [4.69, 9.17) is 5.73 Å². The van der Waals surface area contributed by atoms with Crippen molar-refractivity contribution in [3.63, 3.8) is 0 Å². The lowest BCUT2D eigenvalue weighted by Gasteiger charge is -2.14. The largest absolute Gasteiger partial charge is 0.399 e. The second-order valence-electron chi connectivity index (χ2n) is 7.99. The molecule has 0 unspecified atom stereocenters. The van der Waals surface area contributed by atoms with Crippen molar-refractivity contribution in [1.29, 1.82) is 0 Å². The number of aryl methyl sites for hydroxylation is 1. The van der Waals surface area contributed by atoms with Crippen molar-refractivity contribution in [2.24, 2.45) is 0 Å². The predicted octanol–water partition coefficient (Wildman–Crippen LogP) is 6.86. The lowest BCUT2D eigenvalue weighted by molar-refractivity contribution is 0.0950. The molecule has 0 radical (unpaired) electrons. The molecule has 0 aliphatic heterocycles. The number of carbonyl (C=O) groups is 1. The summed E-state index contributed by atoms with van der Waals surface area (Å²) in [5.41, 5.74) is 11.7. The van der Waals surface area contributed by atoms with Crippen LogP contribution in [-0.4, -0.2) is 5.91 Å². The highest BCUT2D eigenvalue weighted by molar-refractivity contribution is 7.99. The zero-order valence-corrected chi connectivity index (χ0v) is 19.7. The third-order valence-electron chi connectivity index (χ3n) is 5.49. The fraction of sp³-hybridized carbons (Fsp3) is 0.0690. The summed E-state index contributed by atoms with van der Waals surface area (Å²) in [5.74, 6) is -0.394. The van der Waals surface area contributed by atoms with Gasteiger partial charge in [0.1, 0.15) is 5.82 Å². The first kappa shape index (κ1) is 23.3. The van der Waals surface area contributed by atoms with E-state index in [1.54, 1.807) is 23.9 Å². The lowest BCUT2D eigenvalue weighted by Crippen LogP contribution is -2.22. The fourth-order valence-electron chi connectivity index (χ4n) is 3.56. The van der Waals surface area contributed by atoms with Crippen LogP contribution < -0.4 is 11.1 Å². The number of nitrogen functional groups attached to an aromatic ring is 1. The van der Waals surface area contributed by atoms with E-state index in [9.17, 15) is 9.18 Å². The van der Waals surface area contributed by atoms with Crippen LogP contribution in [0.2, 0.25) is 0 Å². The molecule has 170 valence electrons. The Morgan fingerprint density at radius 1 is 0.912 bits per heavy atom. The average molecular weight is 469 g/mol. The van der Waals surface area contributed by atoms with Crippen molar-refractivity contribution in [2.75, 3.05) is 5.73 Å². The molecule has 1 amide bonds. The molecular weight excluding hydrogens is 443 g/mol. The number of rotatable bonds is 7. The molecular formula is C29H25FN2OS. The molecule has 0 heterocycles. The summed E-state index contributed by atoms with van der Waals surface area (Å²) < 4.78 is 13.3. The molecule has 4 aromatic carbocycles. The van der Waals surface area contributed by atoms with Gasteiger partial charge in [0, 0.05) is 27.6 Å². The third kappa shape index (κ3) is 5.56. The molecule has 0 aromatic heterocycles. The quantitative estimate of drug-likeness (QED) is 0.291. The number of halogens is 1. The maximum atomic E-state index is 13.3. The van der Waals surface area contributed by atoms with Crippen molar-refractivity contribution in [3.05, 3.63) is 131 Å². The minimum atomic E-state index is -0.271. The molecule has 3 N–H and O–H groups in total. The first-order valence-corrected chi connectivity index (χ1v) is 11.7. The Morgan fingerprint density at radius 2 is 1.59 bits per heavy atom. The van der Waals surface area contributed by atoms with Gasteiger partial charge in [-0.25, -0.2) is 4.39 Å². The molecule has 0 saturated heterocycles. The fourth-order valence-corrected chi connectivity index (χ4v) is 4.60. The Labute approximate surface area is 203 Å². The van der Waals surface area contributed by atoms with Crippen LogP contribution in [0.4, 0.5) is 10.1 Å². The van der Waals surface area contributed by atoms with Crippen molar-refractivity contribution < 1.29 is 9.18 Å². The van der Waals surface area contributed by atoms with Gasteiger partial charge in [0.2, 0.25) is 0 Å². The van der Waals surface area contributed by atoms with E-state index >= 15 is 0 Å². The van der Waals surface area contributed by atoms with Crippen LogP contribution >= 0.6 is 11.8 Å². The molecule has 0 atom stereocenters. The van der Waals surface area contributed by atoms with E-state index < -0.39 is 0 Å². The molecule has 0 spiro atoms. The van der Waals surface area contributed by atoms with Crippen LogP contribution in [0.3, 0.4) is 0 Å². The van der Waals surface area contributed by atoms with Crippen molar-refractivity contribution >= 4 is 28.9 Å². The second-order valence-corrected chi connectivity index (χ2v) is 9.07. The van der Waals surface area contributed by atoms with Gasteiger partial charge in [-0.3, -0.25) is 4.79 Å². The Kier molecular flexibility index (Phi) is 7.14. The highest BCUT2D eigenvalue weighted by Gasteiger charge is 2.13. The molecule has 4 rings (SSSR count). The topological polar surface area (TPSA) is 55.1 Å². The van der Waals surface area contributed by atoms with Gasteiger partial charge >= 0.3 is 0 Å². The lowest BCUT2D eigenvalue weighted by atomic mass is 10.00. The molecule has 0 fully saturated rings. The SMILES string of the molecule is C=C(c1ccc(F)cc1)c1ccccc1Sc1ccc(C(=O)NCc2ccc(N)cc2)cc1C. The van der Waals surface area contributed by atoms with E-state index in [1.807, 2.05) is 73.7 Å². The van der Waals surface area contributed by atoms with Gasteiger partial charge in [0.05, 0.1) is 0 Å². The van der Waals surface area contributed by atoms with Crippen molar-refractivity contribution in [2.45, 2.75) is 23.3 Å². The number of amides is 1. The van der Waals surface area contributed by atoms with Crippen LogP contribution in [0, 0.1) is 12.7 Å². The van der Waals surface area contributed by atoms with Crippen LogP contribution in [-0.2, 0) is 6.54 Å². The Balaban J connectivity index is 1.49. The highest BCUT2D eigenvalue weighted by atomic mass is 32.2. The van der Waals surface area contributed by atoms with Crippen molar-refractivity contribution in [1.82, 2.24) is 5.32 Å². The zero-order chi connectivity index (χ0) is 24.1. The van der Waals surface area contributed by atoms with Crippen LogP contribution in [0.5, 0.6) is 0 Å². The number of hydrogen-bond donors (Lipinski definition) is 2. The van der Waals surface area contributed by atoms with E-state index in [0.717, 1.165) is 37.6 Å². The number of hydrogen-bond acceptors (Lipinski definition) is 3. The maximum Gasteiger partial charge on any atom is 0.251 e. The zero-order valence-electron chi connectivity index (χ0n) is 18.8. The molecule has 0 saturated carbocycles. The summed E-state index contributed by atoms with van der Waals surface area (Å²) in [6.45, 7) is 6.68. The highest BCUT2D eigenvalue weighted by Crippen LogP contribution is 2.37. The molecule has 5 heteroatoms. The van der Waals surface area contributed by atoms with Crippen LogP contribution in [0.25, 0.3) is 5.57 Å². The van der Waals surface area contributed by atoms with E-state index in [2.05, 4.69) is 11.9 Å². The third-order valence-corrected chi connectivity index (χ3v) is 6.75. The van der Waals surface area contributed by atoms with Gasteiger partial charge in [-0.15, -0.1) is 0 Å². The first-order valence-electron chi connectivity index (χ1n) is 10.9. The van der Waals surface area contributed by atoms with Gasteiger partial charge in [-0.05, 0) is 83.3 Å². The maximum absolute atomic E-state index is 13.3. The average Bonchev–Trinajstić information content (AvgIpc) is 2.85. The molecule has 0 aliphatic carbocycles. The van der Waals surface area contributed by atoms with Crippen molar-refractivity contribution in [3.8, 4) is 0 Å². The standard InChI is InChI=1S/C29H25FN2OS/c1-19-17-23(29(33)32-18-21-7-14-25(31)15-8-21)11-16-27(19)34-28-6-4-3-5-26(28)20(2)22-9-12-24(30)13-10-22/h3-17H,2,18,31H2,1H3,(H,32,33). The number of nitrogens with one attached hydrogen (secondary N) is 1. The summed E-state index contributed by atoms with van der Waals surface area (Å²) in [5, 5.41) is 2.95. The number of nitrogens with two attached hydrogens (primary N) is 1. The Morgan fingerprint density at radius 3 is 2.29 bits per heavy atom. The number of benzene rings is 4. The minimum Gasteiger partial charge on any atom is -0.399 e.